The van der Waals surface area contributed by atoms with Gasteiger partial charge in [-0.3, -0.25) is 13.8 Å². The van der Waals surface area contributed by atoms with Gasteiger partial charge < -0.3 is 18.9 Å². The van der Waals surface area contributed by atoms with Crippen LogP contribution in [-0.2, 0) is 27.9 Å². The Bertz CT molecular complexity index is 817. The minimum absolute atomic E-state index is 0.0539. The van der Waals surface area contributed by atoms with Gasteiger partial charge in [0, 0.05) is 6.42 Å². The third kappa shape index (κ3) is 38.3. The fourth-order valence-corrected chi connectivity index (χ4v) is 6.61. The molecule has 0 aromatic carbocycles. The second-order valence-electron chi connectivity index (χ2n) is 15.5. The Kier molecular flexibility index (Phi) is 34.5. The van der Waals surface area contributed by atoms with Gasteiger partial charge in [-0.15, -0.1) is 0 Å². The van der Waals surface area contributed by atoms with Gasteiger partial charge in [0.05, 0.1) is 34.0 Å². The lowest BCUT2D eigenvalue weighted by Crippen LogP contribution is -2.37. The highest BCUT2D eigenvalue weighted by atomic mass is 31.2. The molecule has 0 aliphatic heterocycles. The van der Waals surface area contributed by atoms with Crippen molar-refractivity contribution in [1.29, 1.82) is 0 Å². The molecule has 0 rings (SSSR count). The molecule has 50 heavy (non-hydrogen) atoms. The Morgan fingerprint density at radius 1 is 0.620 bits per heavy atom. The minimum atomic E-state index is -4.28. The summed E-state index contributed by atoms with van der Waals surface area (Å²) in [6.07, 6.45) is 37.6. The number of carbonyl (C=O) groups is 1. The molecule has 0 heterocycles. The van der Waals surface area contributed by atoms with E-state index in [0.717, 1.165) is 32.1 Å². The summed E-state index contributed by atoms with van der Waals surface area (Å²) in [6.45, 7) is 4.95. The van der Waals surface area contributed by atoms with Crippen LogP contribution in [-0.4, -0.2) is 69.0 Å². The van der Waals surface area contributed by atoms with Crippen LogP contribution in [0.4, 0.5) is 0 Å². The second kappa shape index (κ2) is 35.1. The van der Waals surface area contributed by atoms with E-state index in [1.54, 1.807) is 6.26 Å². The number of allylic oxidation sites excluding steroid dienone is 1. The van der Waals surface area contributed by atoms with Crippen LogP contribution in [0.3, 0.4) is 0 Å². The molecule has 0 saturated heterocycles. The number of rotatable bonds is 39. The average molecular weight is 733 g/mol. The maximum Gasteiger partial charge on any atom is 0.472 e. The van der Waals surface area contributed by atoms with Gasteiger partial charge in [-0.2, -0.15) is 0 Å². The molecule has 0 bridgehead atoms. The van der Waals surface area contributed by atoms with Crippen molar-refractivity contribution in [3.05, 3.63) is 12.3 Å². The van der Waals surface area contributed by atoms with E-state index >= 15 is 0 Å². The Balaban J connectivity index is 4.27. The van der Waals surface area contributed by atoms with Crippen LogP contribution in [0.15, 0.2) is 12.3 Å². The van der Waals surface area contributed by atoms with E-state index in [1.165, 1.54) is 141 Å². The number of hydrogen-bond donors (Lipinski definition) is 1. The second-order valence-corrected chi connectivity index (χ2v) is 16.9. The number of ether oxygens (including phenoxy) is 2. The Hall–Kier alpha value is -0.920. The van der Waals surface area contributed by atoms with Crippen LogP contribution in [0.5, 0.6) is 0 Å². The summed E-state index contributed by atoms with van der Waals surface area (Å²) >= 11 is 0. The van der Waals surface area contributed by atoms with Crippen LogP contribution in [0.1, 0.15) is 194 Å². The van der Waals surface area contributed by atoms with E-state index < -0.39 is 13.9 Å². The predicted molar refractivity (Wildman–Crippen MR) is 210 cm³/mol. The fraction of sp³-hybridized carbons (Fsp3) is 0.927. The van der Waals surface area contributed by atoms with Gasteiger partial charge in [-0.25, -0.2) is 4.57 Å². The van der Waals surface area contributed by atoms with Crippen molar-refractivity contribution in [3.63, 3.8) is 0 Å². The Morgan fingerprint density at radius 2 is 1.04 bits per heavy atom. The number of quaternary nitrogens is 1. The van der Waals surface area contributed by atoms with Crippen molar-refractivity contribution >= 4 is 13.8 Å². The standard InChI is InChI=1S/C41H82NO7P/c1-6-8-10-12-14-16-18-20-21-22-23-25-27-29-31-33-36-46-38-40(39-48-50(44,45)47-37-35-42(3,4)5)49-41(43)34-32-30-28-26-24-19-17-15-13-11-9-7-2/h33,36,40H,6-32,34-35,37-39H2,1-5H3/p+1/b36-33+/t40-/m1/s1. The van der Waals surface area contributed by atoms with Crippen LogP contribution in [0.25, 0.3) is 0 Å². The zero-order valence-corrected chi connectivity index (χ0v) is 34.5. The van der Waals surface area contributed by atoms with E-state index in [9.17, 15) is 14.3 Å². The minimum Gasteiger partial charge on any atom is -0.498 e. The quantitative estimate of drug-likeness (QED) is 0.0221. The molecular formula is C41H83NO7P+. The molecule has 8 nitrogen and oxygen atoms in total. The first-order valence-corrected chi connectivity index (χ1v) is 22.5. The molecule has 2 atom stereocenters. The third-order valence-corrected chi connectivity index (χ3v) is 10.2. The predicted octanol–water partition coefficient (Wildman–Crippen LogP) is 12.2. The number of phosphoric ester groups is 1. The van der Waals surface area contributed by atoms with Gasteiger partial charge in [0.2, 0.25) is 0 Å². The molecule has 0 spiro atoms. The highest BCUT2D eigenvalue weighted by Crippen LogP contribution is 2.43. The molecule has 0 saturated carbocycles. The highest BCUT2D eigenvalue weighted by molar-refractivity contribution is 7.47. The van der Waals surface area contributed by atoms with Crippen molar-refractivity contribution in [3.8, 4) is 0 Å². The zero-order chi connectivity index (χ0) is 37.0. The van der Waals surface area contributed by atoms with Gasteiger partial charge in [-0.1, -0.05) is 168 Å². The number of esters is 1. The summed E-state index contributed by atoms with van der Waals surface area (Å²) in [6, 6.07) is 0. The van der Waals surface area contributed by atoms with E-state index in [1.807, 2.05) is 27.2 Å². The number of carbonyl (C=O) groups excluding carboxylic acids is 1. The van der Waals surface area contributed by atoms with Gasteiger partial charge in [0.1, 0.15) is 19.8 Å². The van der Waals surface area contributed by atoms with E-state index in [2.05, 4.69) is 13.8 Å². The summed E-state index contributed by atoms with van der Waals surface area (Å²) in [5.41, 5.74) is 0. The average Bonchev–Trinajstić information content (AvgIpc) is 3.06. The molecule has 298 valence electrons. The maximum absolute atomic E-state index is 12.6. The van der Waals surface area contributed by atoms with Gasteiger partial charge >= 0.3 is 13.8 Å². The van der Waals surface area contributed by atoms with Crippen molar-refractivity contribution < 1.29 is 37.3 Å². The number of unbranched alkanes of at least 4 members (excludes halogenated alkanes) is 25. The largest absolute Gasteiger partial charge is 0.498 e. The molecule has 0 fully saturated rings. The molecule has 1 N–H and O–H groups in total. The molecule has 0 aliphatic carbocycles. The fourth-order valence-electron chi connectivity index (χ4n) is 5.87. The number of phosphoric acid groups is 1. The van der Waals surface area contributed by atoms with Gasteiger partial charge in [0.25, 0.3) is 0 Å². The molecule has 9 heteroatoms. The summed E-state index contributed by atoms with van der Waals surface area (Å²) in [5.74, 6) is -0.334. The van der Waals surface area contributed by atoms with E-state index in [0.29, 0.717) is 17.4 Å². The smallest absolute Gasteiger partial charge is 0.472 e. The number of likely N-dealkylation sites (N-methyl/N-ethyl adjacent to an activating group) is 1. The number of nitrogens with zero attached hydrogens (tertiary/aromatic N) is 1. The lowest BCUT2D eigenvalue weighted by Gasteiger charge is -2.24. The van der Waals surface area contributed by atoms with Crippen LogP contribution in [0.2, 0.25) is 0 Å². The van der Waals surface area contributed by atoms with Gasteiger partial charge in [-0.05, 0) is 25.3 Å². The number of hydrogen-bond acceptors (Lipinski definition) is 6. The normalized spacial score (nSPS) is 13.9. The molecule has 0 aliphatic rings. The van der Waals surface area contributed by atoms with Crippen LogP contribution in [0, 0.1) is 0 Å². The molecule has 0 radical (unpaired) electrons. The molecule has 1 unspecified atom stereocenters. The first-order chi connectivity index (χ1) is 24.1. The summed E-state index contributed by atoms with van der Waals surface area (Å²) < 4.78 is 34.7. The summed E-state index contributed by atoms with van der Waals surface area (Å²) in [5, 5.41) is 0. The van der Waals surface area contributed by atoms with Crippen LogP contribution >= 0.6 is 7.82 Å². The lowest BCUT2D eigenvalue weighted by molar-refractivity contribution is -0.870. The van der Waals surface area contributed by atoms with Crippen LogP contribution < -0.4 is 0 Å². The van der Waals surface area contributed by atoms with Gasteiger partial charge in [0.15, 0.2) is 6.10 Å². The highest BCUT2D eigenvalue weighted by Gasteiger charge is 2.26. The monoisotopic (exact) mass is 733 g/mol. The van der Waals surface area contributed by atoms with Crippen molar-refractivity contribution in [1.82, 2.24) is 0 Å². The Labute approximate surface area is 310 Å². The lowest BCUT2D eigenvalue weighted by atomic mass is 10.0. The molecule has 0 amide bonds. The van der Waals surface area contributed by atoms with E-state index in [4.69, 9.17) is 18.5 Å². The first kappa shape index (κ1) is 49.1. The van der Waals surface area contributed by atoms with E-state index in [-0.39, 0.29) is 25.8 Å². The zero-order valence-electron chi connectivity index (χ0n) is 33.7. The molecule has 0 aromatic rings. The maximum atomic E-state index is 12.6. The topological polar surface area (TPSA) is 91.3 Å². The van der Waals surface area contributed by atoms with Crippen molar-refractivity contribution in [2.75, 3.05) is 47.5 Å². The first-order valence-electron chi connectivity index (χ1n) is 21.0. The summed E-state index contributed by atoms with van der Waals surface area (Å²) in [4.78, 5) is 22.8. The Morgan fingerprint density at radius 3 is 1.48 bits per heavy atom. The molecule has 0 aromatic heterocycles. The summed E-state index contributed by atoms with van der Waals surface area (Å²) in [7, 11) is 1.65. The molecular weight excluding hydrogens is 649 g/mol. The van der Waals surface area contributed by atoms with Crippen molar-refractivity contribution in [2.45, 2.75) is 200 Å². The van der Waals surface area contributed by atoms with Crippen molar-refractivity contribution in [2.24, 2.45) is 0 Å². The SMILES string of the molecule is CCCCCCCCCCCCCCCC/C=C/OC[C@H](COP(=O)(O)OCC[N+](C)(C)C)OC(=O)CCCCCCCCCCCCCC. The third-order valence-electron chi connectivity index (χ3n) is 9.17.